The maximum absolute atomic E-state index is 13.2. The lowest BCUT2D eigenvalue weighted by molar-refractivity contribution is -0.147. The Morgan fingerprint density at radius 2 is 2.07 bits per heavy atom. The zero-order valence-electron chi connectivity index (χ0n) is 15.3. The summed E-state index contributed by atoms with van der Waals surface area (Å²) in [7, 11) is 1.37. The number of amides is 1. The fourth-order valence-corrected chi connectivity index (χ4v) is 4.48. The van der Waals surface area contributed by atoms with Crippen LogP contribution >= 0.6 is 11.3 Å². The van der Waals surface area contributed by atoms with Crippen LogP contribution in [0.15, 0.2) is 35.8 Å². The van der Waals surface area contributed by atoms with Crippen LogP contribution in [-0.2, 0) is 9.53 Å². The van der Waals surface area contributed by atoms with E-state index in [-0.39, 0.29) is 11.9 Å². The molecule has 1 aromatic carbocycles. The fraction of sp³-hybridized carbons (Fsp3) is 0.350. The molecule has 0 aliphatic carbocycles. The van der Waals surface area contributed by atoms with Crippen LogP contribution < -0.4 is 0 Å². The summed E-state index contributed by atoms with van der Waals surface area (Å²) in [6.45, 7) is 2.61. The molecule has 0 radical (unpaired) electrons. The van der Waals surface area contributed by atoms with Gasteiger partial charge in [0.05, 0.1) is 12.8 Å². The third-order valence-corrected chi connectivity index (χ3v) is 5.93. The van der Waals surface area contributed by atoms with Crippen molar-refractivity contribution in [2.24, 2.45) is 0 Å². The third kappa shape index (κ3) is 3.12. The third-order valence-electron chi connectivity index (χ3n) is 5.09. The number of piperidine rings is 1. The topological polar surface area (TPSA) is 63.9 Å². The summed E-state index contributed by atoms with van der Waals surface area (Å²) in [4.78, 5) is 32.4. The first-order valence-electron chi connectivity index (χ1n) is 9.01. The Labute approximate surface area is 161 Å². The summed E-state index contributed by atoms with van der Waals surface area (Å²) in [5.41, 5.74) is 3.57. The highest BCUT2D eigenvalue weighted by atomic mass is 32.1. The smallest absolute Gasteiger partial charge is 0.328 e. The number of thiazole rings is 1. The van der Waals surface area contributed by atoms with Gasteiger partial charge in [-0.05, 0) is 31.7 Å². The van der Waals surface area contributed by atoms with E-state index in [0.717, 1.165) is 34.6 Å². The van der Waals surface area contributed by atoms with Gasteiger partial charge in [-0.3, -0.25) is 9.20 Å². The first kappa shape index (κ1) is 17.7. The molecule has 4 rings (SSSR count). The minimum atomic E-state index is -0.509. The van der Waals surface area contributed by atoms with Gasteiger partial charge in [-0.1, -0.05) is 24.3 Å². The first-order chi connectivity index (χ1) is 13.1. The number of hydrogen-bond acceptors (Lipinski definition) is 5. The molecule has 27 heavy (non-hydrogen) atoms. The van der Waals surface area contributed by atoms with Crippen molar-refractivity contribution in [2.45, 2.75) is 32.2 Å². The van der Waals surface area contributed by atoms with Gasteiger partial charge in [0.2, 0.25) is 0 Å². The van der Waals surface area contributed by atoms with Crippen LogP contribution in [0.4, 0.5) is 0 Å². The number of ether oxygens (including phenoxy) is 1. The molecule has 1 fully saturated rings. The second-order valence-electron chi connectivity index (χ2n) is 6.75. The Morgan fingerprint density at radius 3 is 2.85 bits per heavy atom. The molecule has 0 bridgehead atoms. The molecule has 6 nitrogen and oxygen atoms in total. The molecule has 1 aliphatic rings. The Kier molecular flexibility index (Phi) is 4.70. The van der Waals surface area contributed by atoms with Crippen molar-refractivity contribution >= 4 is 28.2 Å². The molecule has 1 aliphatic heterocycles. The predicted octanol–water partition coefficient (Wildman–Crippen LogP) is 3.54. The van der Waals surface area contributed by atoms with Gasteiger partial charge in [-0.2, -0.15) is 0 Å². The molecule has 0 spiro atoms. The Morgan fingerprint density at radius 1 is 1.26 bits per heavy atom. The summed E-state index contributed by atoms with van der Waals surface area (Å²) < 4.78 is 6.73. The number of benzene rings is 1. The van der Waals surface area contributed by atoms with Gasteiger partial charge in [0.15, 0.2) is 4.96 Å². The van der Waals surface area contributed by atoms with Crippen molar-refractivity contribution in [1.82, 2.24) is 14.3 Å². The molecule has 140 valence electrons. The summed E-state index contributed by atoms with van der Waals surface area (Å²) in [5.74, 6) is -0.495. The quantitative estimate of drug-likeness (QED) is 0.649. The summed E-state index contributed by atoms with van der Waals surface area (Å²) in [6.07, 6.45) is 4.36. The molecule has 1 atom stereocenters. The number of aromatic nitrogens is 2. The highest BCUT2D eigenvalue weighted by Gasteiger charge is 2.34. The number of hydrogen-bond donors (Lipinski definition) is 0. The number of nitrogens with zero attached hydrogens (tertiary/aromatic N) is 3. The lowest BCUT2D eigenvalue weighted by Gasteiger charge is -2.33. The van der Waals surface area contributed by atoms with E-state index in [9.17, 15) is 9.59 Å². The first-order valence-corrected chi connectivity index (χ1v) is 9.89. The van der Waals surface area contributed by atoms with E-state index in [1.165, 1.54) is 18.4 Å². The van der Waals surface area contributed by atoms with Gasteiger partial charge in [-0.15, -0.1) is 11.3 Å². The minimum absolute atomic E-state index is 0.148. The lowest BCUT2D eigenvalue weighted by atomic mass is 10.0. The molecule has 0 saturated carbocycles. The van der Waals surface area contributed by atoms with Gasteiger partial charge in [0.1, 0.15) is 11.7 Å². The van der Waals surface area contributed by atoms with Crippen LogP contribution in [0.2, 0.25) is 0 Å². The fourth-order valence-electron chi connectivity index (χ4n) is 3.63. The number of esters is 1. The molecule has 7 heteroatoms. The average molecular weight is 383 g/mol. The number of rotatable bonds is 3. The Hall–Kier alpha value is -2.67. The molecule has 1 saturated heterocycles. The largest absolute Gasteiger partial charge is 0.467 e. The summed E-state index contributed by atoms with van der Waals surface area (Å²) >= 11 is 1.43. The molecule has 0 N–H and O–H groups in total. The SMILES string of the molecule is COC(=O)[C@@H]1CCCCN1C(=O)c1csc2nc(-c3ccccc3C)cn12. The molecular weight excluding hydrogens is 362 g/mol. The number of methoxy groups -OCH3 is 1. The Bertz CT molecular complexity index is 1010. The normalized spacial score (nSPS) is 17.3. The van der Waals surface area contributed by atoms with E-state index in [1.54, 1.807) is 4.90 Å². The van der Waals surface area contributed by atoms with E-state index >= 15 is 0 Å². The van der Waals surface area contributed by atoms with Crippen molar-refractivity contribution in [3.63, 3.8) is 0 Å². The van der Waals surface area contributed by atoms with Crippen molar-refractivity contribution in [2.75, 3.05) is 13.7 Å². The maximum Gasteiger partial charge on any atom is 0.328 e. The van der Waals surface area contributed by atoms with Crippen LogP contribution in [0.5, 0.6) is 0 Å². The lowest BCUT2D eigenvalue weighted by Crippen LogP contribution is -2.48. The zero-order valence-corrected chi connectivity index (χ0v) is 16.2. The zero-order chi connectivity index (χ0) is 19.0. The highest BCUT2D eigenvalue weighted by molar-refractivity contribution is 7.15. The van der Waals surface area contributed by atoms with Crippen molar-refractivity contribution in [1.29, 1.82) is 0 Å². The van der Waals surface area contributed by atoms with Crippen LogP contribution in [-0.4, -0.2) is 45.9 Å². The van der Waals surface area contributed by atoms with Gasteiger partial charge in [-0.25, -0.2) is 9.78 Å². The van der Waals surface area contributed by atoms with E-state index in [2.05, 4.69) is 4.98 Å². The molecule has 2 aromatic heterocycles. The van der Waals surface area contributed by atoms with Crippen LogP contribution in [0.1, 0.15) is 35.3 Å². The van der Waals surface area contributed by atoms with Gasteiger partial charge in [0.25, 0.3) is 5.91 Å². The Balaban J connectivity index is 1.70. The second-order valence-corrected chi connectivity index (χ2v) is 7.58. The maximum atomic E-state index is 13.2. The molecule has 0 unspecified atom stereocenters. The highest BCUT2D eigenvalue weighted by Crippen LogP contribution is 2.28. The molecule has 3 aromatic rings. The second kappa shape index (κ2) is 7.15. The van der Waals surface area contributed by atoms with Crippen molar-refractivity contribution in [3.05, 3.63) is 47.1 Å². The number of fused-ring (bicyclic) bond motifs is 1. The van der Waals surface area contributed by atoms with E-state index in [1.807, 2.05) is 47.2 Å². The number of imidazole rings is 1. The van der Waals surface area contributed by atoms with E-state index in [4.69, 9.17) is 4.74 Å². The number of carbonyl (C=O) groups excluding carboxylic acids is 2. The van der Waals surface area contributed by atoms with Gasteiger partial charge < -0.3 is 9.64 Å². The van der Waals surface area contributed by atoms with Crippen LogP contribution in [0.25, 0.3) is 16.2 Å². The monoisotopic (exact) mass is 383 g/mol. The van der Waals surface area contributed by atoms with Gasteiger partial charge >= 0.3 is 5.97 Å². The molecule has 3 heterocycles. The van der Waals surface area contributed by atoms with Crippen molar-refractivity contribution < 1.29 is 14.3 Å². The molecular formula is C20H21N3O3S. The van der Waals surface area contributed by atoms with Crippen molar-refractivity contribution in [3.8, 4) is 11.3 Å². The van der Waals surface area contributed by atoms with E-state index in [0.29, 0.717) is 18.7 Å². The average Bonchev–Trinajstić information content (AvgIpc) is 3.28. The van der Waals surface area contributed by atoms with Crippen LogP contribution in [0.3, 0.4) is 0 Å². The van der Waals surface area contributed by atoms with Crippen LogP contribution in [0, 0.1) is 6.92 Å². The summed E-state index contributed by atoms with van der Waals surface area (Å²) in [6, 6.07) is 7.54. The minimum Gasteiger partial charge on any atom is -0.467 e. The van der Waals surface area contributed by atoms with Gasteiger partial charge in [0, 0.05) is 23.7 Å². The van der Waals surface area contributed by atoms with E-state index < -0.39 is 6.04 Å². The number of carbonyl (C=O) groups is 2. The predicted molar refractivity (Wildman–Crippen MR) is 104 cm³/mol. The number of aryl methyl sites for hydroxylation is 1. The summed E-state index contributed by atoms with van der Waals surface area (Å²) in [5, 5.41) is 1.81. The molecule has 1 amide bonds. The number of likely N-dealkylation sites (tertiary alicyclic amines) is 1. The standard InChI is InChI=1S/C20H21N3O3S/c1-13-7-3-4-8-14(13)15-11-23-17(12-27-20(23)21-15)18(24)22-10-6-5-9-16(22)19(25)26-2/h3-4,7-8,11-12,16H,5-6,9-10H2,1-2H3/t16-/m0/s1.